The molecule has 0 N–H and O–H groups in total. The highest BCUT2D eigenvalue weighted by Gasteiger charge is 2.19. The lowest BCUT2D eigenvalue weighted by Gasteiger charge is -2.01. The minimum Gasteiger partial charge on any atom is -0.0861 e. The minimum atomic E-state index is 1.02. The van der Waals surface area contributed by atoms with Crippen molar-refractivity contribution in [1.29, 1.82) is 0 Å². The molecule has 48 valence electrons. The number of hydrogen-bond acceptors (Lipinski definition) is 0. The van der Waals surface area contributed by atoms with Crippen LogP contribution in [0.25, 0.3) is 0 Å². The summed E-state index contributed by atoms with van der Waals surface area (Å²) in [5, 5.41) is 0. The summed E-state index contributed by atoms with van der Waals surface area (Å²) < 4.78 is 1.38. The zero-order valence-corrected chi connectivity index (χ0v) is 7.52. The van der Waals surface area contributed by atoms with Gasteiger partial charge in [0.1, 0.15) is 0 Å². The fourth-order valence-corrected chi connectivity index (χ4v) is 2.27. The van der Waals surface area contributed by atoms with Crippen molar-refractivity contribution >= 4 is 22.6 Å². The van der Waals surface area contributed by atoms with Crippen LogP contribution in [0.2, 0.25) is 0 Å². The molecule has 0 heterocycles. The van der Waals surface area contributed by atoms with Gasteiger partial charge in [-0.2, -0.15) is 0 Å². The summed E-state index contributed by atoms with van der Waals surface area (Å²) in [6, 6.07) is 0. The summed E-state index contributed by atoms with van der Waals surface area (Å²) in [5.74, 6) is 2.08. The first kappa shape index (κ1) is 6.84. The van der Waals surface area contributed by atoms with Gasteiger partial charge in [-0.3, -0.25) is 0 Å². The maximum Gasteiger partial charge on any atom is 0.00238 e. The molecule has 0 amide bonds. The smallest absolute Gasteiger partial charge is 0.00238 e. The molecule has 1 fully saturated rings. The Hall–Kier alpha value is 0.730. The summed E-state index contributed by atoms with van der Waals surface area (Å²) >= 11 is 2.50. The van der Waals surface area contributed by atoms with Crippen LogP contribution in [0, 0.1) is 11.8 Å². The van der Waals surface area contributed by atoms with E-state index in [0.29, 0.717) is 0 Å². The molecule has 8 heavy (non-hydrogen) atoms. The standard InChI is InChI=1S/C7H13I/c1-6-2-3-7(4-6)5-8/h6-7H,2-5H2,1H3. The van der Waals surface area contributed by atoms with Crippen LogP contribution in [0.1, 0.15) is 26.2 Å². The average molecular weight is 224 g/mol. The highest BCUT2D eigenvalue weighted by Crippen LogP contribution is 2.31. The Balaban J connectivity index is 2.22. The number of rotatable bonds is 1. The summed E-state index contributed by atoms with van der Waals surface area (Å²) in [4.78, 5) is 0. The molecule has 0 aliphatic heterocycles. The predicted octanol–water partition coefficient (Wildman–Crippen LogP) is 2.86. The van der Waals surface area contributed by atoms with Crippen LogP contribution in [0.5, 0.6) is 0 Å². The Bertz CT molecular complexity index is 70.8. The lowest BCUT2D eigenvalue weighted by Crippen LogP contribution is -1.93. The normalized spacial score (nSPS) is 38.2. The van der Waals surface area contributed by atoms with Crippen molar-refractivity contribution in [3.05, 3.63) is 0 Å². The maximum atomic E-state index is 2.50. The fraction of sp³-hybridized carbons (Fsp3) is 1.00. The molecular weight excluding hydrogens is 211 g/mol. The average Bonchev–Trinajstić information content (AvgIpc) is 2.14. The molecule has 0 spiro atoms. The summed E-state index contributed by atoms with van der Waals surface area (Å²) in [6.07, 6.45) is 4.46. The molecule has 1 aliphatic rings. The second-order valence-corrected chi connectivity index (χ2v) is 3.82. The molecule has 0 bridgehead atoms. The zero-order valence-electron chi connectivity index (χ0n) is 5.36. The number of alkyl halides is 1. The van der Waals surface area contributed by atoms with E-state index in [4.69, 9.17) is 0 Å². The van der Waals surface area contributed by atoms with Crippen molar-refractivity contribution in [2.75, 3.05) is 4.43 Å². The summed E-state index contributed by atoms with van der Waals surface area (Å²) in [6.45, 7) is 2.37. The van der Waals surface area contributed by atoms with Crippen LogP contribution in [-0.2, 0) is 0 Å². The van der Waals surface area contributed by atoms with Crippen molar-refractivity contribution in [1.82, 2.24) is 0 Å². The van der Waals surface area contributed by atoms with Crippen LogP contribution in [0.3, 0.4) is 0 Å². The van der Waals surface area contributed by atoms with Crippen molar-refractivity contribution in [3.8, 4) is 0 Å². The number of halogens is 1. The van der Waals surface area contributed by atoms with Gasteiger partial charge in [-0.15, -0.1) is 0 Å². The second-order valence-electron chi connectivity index (χ2n) is 2.94. The predicted molar refractivity (Wildman–Crippen MR) is 45.4 cm³/mol. The first-order chi connectivity index (χ1) is 3.83. The lowest BCUT2D eigenvalue weighted by atomic mass is 10.1. The van der Waals surface area contributed by atoms with Gasteiger partial charge >= 0.3 is 0 Å². The van der Waals surface area contributed by atoms with Crippen molar-refractivity contribution in [3.63, 3.8) is 0 Å². The molecule has 0 aromatic carbocycles. The monoisotopic (exact) mass is 224 g/mol. The molecule has 1 rings (SSSR count). The van der Waals surface area contributed by atoms with E-state index in [1.165, 1.54) is 23.7 Å². The molecule has 0 nitrogen and oxygen atoms in total. The van der Waals surface area contributed by atoms with Gasteiger partial charge in [0.05, 0.1) is 0 Å². The Morgan fingerprint density at radius 3 is 2.50 bits per heavy atom. The summed E-state index contributed by atoms with van der Waals surface area (Å²) in [5.41, 5.74) is 0. The Morgan fingerprint density at radius 1 is 1.50 bits per heavy atom. The van der Waals surface area contributed by atoms with Crippen molar-refractivity contribution < 1.29 is 0 Å². The Labute approximate surface area is 65.2 Å². The third kappa shape index (κ3) is 1.61. The Morgan fingerprint density at radius 2 is 2.25 bits per heavy atom. The van der Waals surface area contributed by atoms with E-state index in [9.17, 15) is 0 Å². The third-order valence-corrected chi connectivity index (χ3v) is 3.27. The third-order valence-electron chi connectivity index (χ3n) is 2.02. The second kappa shape index (κ2) is 3.04. The first-order valence-electron chi connectivity index (χ1n) is 3.39. The van der Waals surface area contributed by atoms with Gasteiger partial charge in [0.15, 0.2) is 0 Å². The maximum absolute atomic E-state index is 2.50. The molecule has 0 aromatic heterocycles. The fourth-order valence-electron chi connectivity index (χ4n) is 1.47. The molecule has 2 unspecified atom stereocenters. The van der Waals surface area contributed by atoms with Crippen LogP contribution in [0.4, 0.5) is 0 Å². The summed E-state index contributed by atoms with van der Waals surface area (Å²) in [7, 11) is 0. The van der Waals surface area contributed by atoms with Crippen molar-refractivity contribution in [2.24, 2.45) is 11.8 Å². The quantitative estimate of drug-likeness (QED) is 0.474. The van der Waals surface area contributed by atoms with E-state index in [1.807, 2.05) is 0 Å². The van der Waals surface area contributed by atoms with Crippen LogP contribution in [0.15, 0.2) is 0 Å². The van der Waals surface area contributed by atoms with Crippen LogP contribution >= 0.6 is 22.6 Å². The number of hydrogen-bond donors (Lipinski definition) is 0. The SMILES string of the molecule is CC1CCC(CI)C1. The topological polar surface area (TPSA) is 0 Å². The van der Waals surface area contributed by atoms with E-state index in [0.717, 1.165) is 11.8 Å². The van der Waals surface area contributed by atoms with E-state index in [2.05, 4.69) is 29.5 Å². The molecule has 1 saturated carbocycles. The molecule has 0 aromatic rings. The van der Waals surface area contributed by atoms with Gasteiger partial charge in [0.2, 0.25) is 0 Å². The molecule has 1 heteroatoms. The molecule has 0 saturated heterocycles. The highest BCUT2D eigenvalue weighted by atomic mass is 127. The molecule has 0 radical (unpaired) electrons. The van der Waals surface area contributed by atoms with Crippen molar-refractivity contribution in [2.45, 2.75) is 26.2 Å². The van der Waals surface area contributed by atoms with Gasteiger partial charge in [0.25, 0.3) is 0 Å². The molecule has 2 atom stereocenters. The highest BCUT2D eigenvalue weighted by molar-refractivity contribution is 14.1. The van der Waals surface area contributed by atoms with Gasteiger partial charge in [-0.25, -0.2) is 0 Å². The Kier molecular flexibility index (Phi) is 2.60. The van der Waals surface area contributed by atoms with Crippen LogP contribution in [-0.4, -0.2) is 4.43 Å². The molecular formula is C7H13I. The van der Waals surface area contributed by atoms with Gasteiger partial charge < -0.3 is 0 Å². The minimum absolute atomic E-state index is 1.02. The van der Waals surface area contributed by atoms with E-state index in [1.54, 1.807) is 0 Å². The van der Waals surface area contributed by atoms with E-state index >= 15 is 0 Å². The lowest BCUT2D eigenvalue weighted by molar-refractivity contribution is 0.566. The largest absolute Gasteiger partial charge is 0.0861 e. The van der Waals surface area contributed by atoms with Gasteiger partial charge in [0, 0.05) is 4.43 Å². The zero-order chi connectivity index (χ0) is 5.98. The first-order valence-corrected chi connectivity index (χ1v) is 4.91. The van der Waals surface area contributed by atoms with Crippen LogP contribution < -0.4 is 0 Å². The molecule has 1 aliphatic carbocycles. The van der Waals surface area contributed by atoms with E-state index in [-0.39, 0.29) is 0 Å². The van der Waals surface area contributed by atoms with Gasteiger partial charge in [-0.05, 0) is 24.7 Å². The van der Waals surface area contributed by atoms with Gasteiger partial charge in [-0.1, -0.05) is 35.9 Å². The van der Waals surface area contributed by atoms with E-state index < -0.39 is 0 Å².